The van der Waals surface area contributed by atoms with E-state index in [1.165, 1.54) is 0 Å². The van der Waals surface area contributed by atoms with Gasteiger partial charge in [-0.3, -0.25) is 0 Å². The fourth-order valence-corrected chi connectivity index (χ4v) is 3.06. The summed E-state index contributed by atoms with van der Waals surface area (Å²) in [7, 11) is 1.96. The first-order valence-electron chi connectivity index (χ1n) is 7.15. The maximum atomic E-state index is 9.49. The van der Waals surface area contributed by atoms with E-state index in [9.17, 15) is 10.5 Å². The van der Waals surface area contributed by atoms with Crippen molar-refractivity contribution < 1.29 is 0 Å². The van der Waals surface area contributed by atoms with Gasteiger partial charge in [-0.2, -0.15) is 10.5 Å². The lowest BCUT2D eigenvalue weighted by Crippen LogP contribution is -2.36. The zero-order valence-corrected chi connectivity index (χ0v) is 12.8. The number of anilines is 3. The van der Waals surface area contributed by atoms with Crippen LogP contribution in [0.1, 0.15) is 23.6 Å². The summed E-state index contributed by atoms with van der Waals surface area (Å²) in [5.41, 5.74) is 5.05. The third kappa shape index (κ3) is 1.82. The van der Waals surface area contributed by atoms with Gasteiger partial charge in [0.25, 0.3) is 0 Å². The minimum Gasteiger partial charge on any atom is -0.351 e. The molecule has 0 unspecified atom stereocenters. The van der Waals surface area contributed by atoms with Crippen molar-refractivity contribution in [3.05, 3.63) is 53.1 Å². The van der Waals surface area contributed by atoms with E-state index in [1.807, 2.05) is 19.2 Å². The summed E-state index contributed by atoms with van der Waals surface area (Å²) in [6.45, 7) is 4.13. The number of nitriles is 2. The van der Waals surface area contributed by atoms with E-state index >= 15 is 0 Å². The molecule has 0 N–H and O–H groups in total. The largest absolute Gasteiger partial charge is 0.351 e. The Balaban J connectivity index is 2.33. The van der Waals surface area contributed by atoms with E-state index in [2.05, 4.69) is 47.9 Å². The molecule has 0 aromatic heterocycles. The Morgan fingerprint density at radius 2 is 1.55 bits per heavy atom. The fraction of sp³-hybridized carbons (Fsp3) is 0.222. The molecule has 2 aromatic carbocycles. The number of nitrogens with zero attached hydrogens (tertiary/aromatic N) is 4. The second-order valence-electron chi connectivity index (χ2n) is 5.48. The minimum absolute atomic E-state index is 0.0395. The lowest BCUT2D eigenvalue weighted by atomic mass is 10.1. The second-order valence-corrected chi connectivity index (χ2v) is 5.48. The Morgan fingerprint density at radius 1 is 0.955 bits per heavy atom. The number of fused-ring (bicyclic) bond motifs is 1. The van der Waals surface area contributed by atoms with Crippen molar-refractivity contribution in [3.8, 4) is 12.1 Å². The highest BCUT2D eigenvalue weighted by Crippen LogP contribution is 2.47. The average molecular weight is 288 g/mol. The van der Waals surface area contributed by atoms with Gasteiger partial charge in [-0.05, 0) is 37.6 Å². The molecule has 22 heavy (non-hydrogen) atoms. The summed E-state index contributed by atoms with van der Waals surface area (Å²) in [6, 6.07) is 16.1. The number of hydrogen-bond acceptors (Lipinski definition) is 4. The Bertz CT molecular complexity index is 826. The molecule has 1 aliphatic rings. The van der Waals surface area contributed by atoms with Crippen LogP contribution in [-0.2, 0) is 0 Å². The topological polar surface area (TPSA) is 54.1 Å². The van der Waals surface area contributed by atoms with E-state index in [4.69, 9.17) is 0 Å². The molecule has 0 amide bonds. The molecule has 0 bridgehead atoms. The third-order valence-electron chi connectivity index (χ3n) is 4.29. The van der Waals surface area contributed by atoms with Crippen LogP contribution in [0.25, 0.3) is 0 Å². The highest BCUT2D eigenvalue weighted by atomic mass is 15.4. The number of para-hydroxylation sites is 1. The number of benzene rings is 2. The second kappa shape index (κ2) is 5.09. The van der Waals surface area contributed by atoms with E-state index < -0.39 is 0 Å². The maximum absolute atomic E-state index is 9.49. The van der Waals surface area contributed by atoms with Crippen molar-refractivity contribution in [2.45, 2.75) is 20.0 Å². The first-order chi connectivity index (χ1) is 10.6. The minimum atomic E-state index is 0.0395. The lowest BCUT2D eigenvalue weighted by molar-refractivity contribution is 0.732. The summed E-state index contributed by atoms with van der Waals surface area (Å²) < 4.78 is 0. The summed E-state index contributed by atoms with van der Waals surface area (Å²) in [6.07, 6.45) is 0.0395. The summed E-state index contributed by atoms with van der Waals surface area (Å²) in [4.78, 5) is 4.20. The predicted molar refractivity (Wildman–Crippen MR) is 87.1 cm³/mol. The first-order valence-corrected chi connectivity index (χ1v) is 7.15. The van der Waals surface area contributed by atoms with Crippen molar-refractivity contribution >= 4 is 17.1 Å². The Hall–Kier alpha value is -2.98. The first kappa shape index (κ1) is 14.0. The van der Waals surface area contributed by atoms with Gasteiger partial charge in [0.2, 0.25) is 0 Å². The summed E-state index contributed by atoms with van der Waals surface area (Å²) >= 11 is 0. The van der Waals surface area contributed by atoms with Crippen LogP contribution in [-0.4, -0.2) is 13.2 Å². The van der Waals surface area contributed by atoms with Crippen LogP contribution >= 0.6 is 0 Å². The van der Waals surface area contributed by atoms with Crippen molar-refractivity contribution in [1.82, 2.24) is 0 Å². The van der Waals surface area contributed by atoms with Gasteiger partial charge in [0.1, 0.15) is 18.3 Å². The monoisotopic (exact) mass is 288 g/mol. The van der Waals surface area contributed by atoms with Crippen molar-refractivity contribution in [2.24, 2.45) is 0 Å². The van der Waals surface area contributed by atoms with E-state index in [-0.39, 0.29) is 6.17 Å². The Morgan fingerprint density at radius 3 is 2.14 bits per heavy atom. The van der Waals surface area contributed by atoms with Gasteiger partial charge in [0, 0.05) is 12.7 Å². The summed E-state index contributed by atoms with van der Waals surface area (Å²) in [5, 5.41) is 18.9. The van der Waals surface area contributed by atoms with Crippen LogP contribution in [0.15, 0.2) is 36.4 Å². The molecule has 2 aromatic rings. The Kier molecular flexibility index (Phi) is 3.23. The van der Waals surface area contributed by atoms with Crippen molar-refractivity contribution in [3.63, 3.8) is 0 Å². The van der Waals surface area contributed by atoms with E-state index in [0.29, 0.717) is 11.1 Å². The molecule has 4 nitrogen and oxygen atoms in total. The van der Waals surface area contributed by atoms with E-state index in [0.717, 1.165) is 22.6 Å². The van der Waals surface area contributed by atoms with Gasteiger partial charge in [-0.15, -0.1) is 0 Å². The number of rotatable bonds is 1. The van der Waals surface area contributed by atoms with Gasteiger partial charge < -0.3 is 9.80 Å². The number of hydrogen-bond donors (Lipinski definition) is 0. The molecule has 0 radical (unpaired) electrons. The molecule has 0 spiro atoms. The molecular weight excluding hydrogens is 272 g/mol. The highest BCUT2D eigenvalue weighted by Gasteiger charge is 2.36. The van der Waals surface area contributed by atoms with Gasteiger partial charge in [0.05, 0.1) is 22.5 Å². The SMILES string of the molecule is Cc1ccccc1N1c2c(C#N)ccc(C#N)c2N(C)[C@@H]1C. The third-order valence-corrected chi connectivity index (χ3v) is 4.29. The molecule has 0 saturated carbocycles. The molecule has 0 fully saturated rings. The zero-order chi connectivity index (χ0) is 15.9. The zero-order valence-electron chi connectivity index (χ0n) is 12.8. The molecule has 1 heterocycles. The molecule has 0 saturated heterocycles. The maximum Gasteiger partial charge on any atom is 0.103 e. The van der Waals surface area contributed by atoms with Crippen molar-refractivity contribution in [2.75, 3.05) is 16.8 Å². The molecule has 1 atom stereocenters. The van der Waals surface area contributed by atoms with Crippen LogP contribution in [0.2, 0.25) is 0 Å². The van der Waals surface area contributed by atoms with Crippen molar-refractivity contribution in [1.29, 1.82) is 10.5 Å². The fourth-order valence-electron chi connectivity index (χ4n) is 3.06. The van der Waals surface area contributed by atoms with E-state index in [1.54, 1.807) is 12.1 Å². The molecule has 3 rings (SSSR count). The van der Waals surface area contributed by atoms with Gasteiger partial charge in [-0.1, -0.05) is 18.2 Å². The number of aryl methyl sites for hydroxylation is 1. The van der Waals surface area contributed by atoms with Crippen LogP contribution < -0.4 is 9.80 Å². The molecule has 0 aliphatic carbocycles. The predicted octanol–water partition coefficient (Wildman–Crippen LogP) is 3.67. The van der Waals surface area contributed by atoms with Gasteiger partial charge in [0.15, 0.2) is 0 Å². The van der Waals surface area contributed by atoms with Crippen LogP contribution in [0.4, 0.5) is 17.1 Å². The average Bonchev–Trinajstić information content (AvgIpc) is 2.80. The molecule has 1 aliphatic heterocycles. The molecule has 4 heteroatoms. The van der Waals surface area contributed by atoms with Gasteiger partial charge >= 0.3 is 0 Å². The smallest absolute Gasteiger partial charge is 0.103 e. The van der Waals surface area contributed by atoms with Crippen LogP contribution in [0, 0.1) is 29.6 Å². The summed E-state index contributed by atoms with van der Waals surface area (Å²) in [5.74, 6) is 0. The highest BCUT2D eigenvalue weighted by molar-refractivity contribution is 5.91. The lowest BCUT2D eigenvalue weighted by Gasteiger charge is -2.29. The molecule has 108 valence electrons. The molecular formula is C18H16N4. The quantitative estimate of drug-likeness (QED) is 0.803. The van der Waals surface area contributed by atoms with Gasteiger partial charge in [-0.25, -0.2) is 0 Å². The van der Waals surface area contributed by atoms with Crippen LogP contribution in [0.3, 0.4) is 0 Å². The van der Waals surface area contributed by atoms with Crippen LogP contribution in [0.5, 0.6) is 0 Å². The Labute approximate surface area is 130 Å². The normalized spacial score (nSPS) is 16.1. The standard InChI is InChI=1S/C18H16N4/c1-12-6-4-5-7-16(12)22-13(2)21(3)17-14(10-19)8-9-15(11-20)18(17)22/h4-9,13H,1-3H3/t13-/m0/s1.